The third-order valence-corrected chi connectivity index (χ3v) is 6.92. The van der Waals surface area contributed by atoms with Gasteiger partial charge >= 0.3 is 0 Å². The third-order valence-electron chi connectivity index (χ3n) is 6.92. The lowest BCUT2D eigenvalue weighted by atomic mass is 10.1. The van der Waals surface area contributed by atoms with E-state index in [1.54, 1.807) is 24.3 Å². The zero-order valence-corrected chi connectivity index (χ0v) is 23.1. The van der Waals surface area contributed by atoms with Gasteiger partial charge in [-0.15, -0.1) is 0 Å². The van der Waals surface area contributed by atoms with E-state index in [9.17, 15) is 8.78 Å². The molecule has 0 radical (unpaired) electrons. The molecular formula is C36H22F2N6. The Labute approximate surface area is 251 Å². The predicted octanol–water partition coefficient (Wildman–Crippen LogP) is 8.34. The molecule has 7 rings (SSSR count). The monoisotopic (exact) mass is 576 g/mol. The first-order valence-corrected chi connectivity index (χ1v) is 13.8. The molecule has 0 fully saturated rings. The highest BCUT2D eigenvalue weighted by Gasteiger charge is 2.16. The van der Waals surface area contributed by atoms with E-state index in [2.05, 4.69) is 4.98 Å². The molecule has 210 valence electrons. The molecule has 2 aromatic heterocycles. The standard InChI is InChI=1S/C36H22F2N6/c37-29-18-14-25(15-19-29)33-40-34(26-16-20-30(38)21-17-26)44-36(43-33)28-13-7-12-27(22-28)35-41-31(23-8-3-1-4-9-23)39-32(42-35)24-10-5-2-6-11-24/h1-22H. The number of aromatic nitrogens is 6. The van der Waals surface area contributed by atoms with Crippen molar-refractivity contribution in [3.63, 3.8) is 0 Å². The molecule has 0 saturated carbocycles. The number of nitrogens with zero attached hydrogens (tertiary/aromatic N) is 6. The van der Waals surface area contributed by atoms with Crippen LogP contribution >= 0.6 is 0 Å². The molecule has 7 aromatic rings. The number of hydrogen-bond donors (Lipinski definition) is 0. The molecule has 0 unspecified atom stereocenters. The van der Waals surface area contributed by atoms with Crippen LogP contribution in [0.5, 0.6) is 0 Å². The van der Waals surface area contributed by atoms with Crippen molar-refractivity contribution in [1.82, 2.24) is 29.9 Å². The summed E-state index contributed by atoms with van der Waals surface area (Å²) in [6, 6.07) is 39.0. The number of rotatable bonds is 6. The highest BCUT2D eigenvalue weighted by molar-refractivity contribution is 5.72. The number of benzene rings is 5. The fourth-order valence-electron chi connectivity index (χ4n) is 4.70. The maximum atomic E-state index is 13.7. The molecule has 6 nitrogen and oxygen atoms in total. The van der Waals surface area contributed by atoms with Crippen molar-refractivity contribution in [3.05, 3.63) is 145 Å². The summed E-state index contributed by atoms with van der Waals surface area (Å²) in [6.07, 6.45) is 0. The first-order valence-electron chi connectivity index (χ1n) is 13.8. The smallest absolute Gasteiger partial charge is 0.164 e. The van der Waals surface area contributed by atoms with Crippen molar-refractivity contribution in [2.75, 3.05) is 0 Å². The van der Waals surface area contributed by atoms with Gasteiger partial charge in [0.15, 0.2) is 34.9 Å². The summed E-state index contributed by atoms with van der Waals surface area (Å²) in [5, 5.41) is 0. The van der Waals surface area contributed by atoms with Gasteiger partial charge in [0.25, 0.3) is 0 Å². The molecule has 5 aromatic carbocycles. The molecule has 0 spiro atoms. The fourth-order valence-corrected chi connectivity index (χ4v) is 4.70. The summed E-state index contributed by atoms with van der Waals surface area (Å²) in [4.78, 5) is 28.6. The minimum atomic E-state index is -0.364. The van der Waals surface area contributed by atoms with Crippen LogP contribution in [0.25, 0.3) is 68.3 Å². The van der Waals surface area contributed by atoms with E-state index in [0.29, 0.717) is 51.6 Å². The Kier molecular flexibility index (Phi) is 7.14. The predicted molar refractivity (Wildman–Crippen MR) is 166 cm³/mol. The summed E-state index contributed by atoms with van der Waals surface area (Å²) >= 11 is 0. The minimum Gasteiger partial charge on any atom is -0.208 e. The first kappa shape index (κ1) is 26.9. The zero-order chi connectivity index (χ0) is 29.9. The summed E-state index contributed by atoms with van der Waals surface area (Å²) in [6.45, 7) is 0. The highest BCUT2D eigenvalue weighted by Crippen LogP contribution is 2.29. The number of hydrogen-bond acceptors (Lipinski definition) is 6. The molecule has 0 amide bonds. The molecule has 0 N–H and O–H groups in total. The summed E-state index contributed by atoms with van der Waals surface area (Å²) in [5.41, 5.74) is 4.41. The molecular weight excluding hydrogens is 554 g/mol. The van der Waals surface area contributed by atoms with E-state index >= 15 is 0 Å². The van der Waals surface area contributed by atoms with Crippen molar-refractivity contribution in [2.45, 2.75) is 0 Å². The molecule has 8 heteroatoms. The topological polar surface area (TPSA) is 77.3 Å². The van der Waals surface area contributed by atoms with E-state index < -0.39 is 0 Å². The minimum absolute atomic E-state index is 0.359. The van der Waals surface area contributed by atoms with E-state index in [1.165, 1.54) is 24.3 Å². The molecule has 2 heterocycles. The van der Waals surface area contributed by atoms with Gasteiger partial charge in [-0.1, -0.05) is 78.9 Å². The Morgan fingerprint density at radius 2 is 0.545 bits per heavy atom. The van der Waals surface area contributed by atoms with Crippen molar-refractivity contribution in [2.24, 2.45) is 0 Å². The molecule has 0 aliphatic heterocycles. The van der Waals surface area contributed by atoms with Gasteiger partial charge in [0.1, 0.15) is 11.6 Å². The summed E-state index contributed by atoms with van der Waals surface area (Å²) < 4.78 is 27.4. The van der Waals surface area contributed by atoms with Crippen molar-refractivity contribution in [1.29, 1.82) is 0 Å². The van der Waals surface area contributed by atoms with Gasteiger partial charge in [0.05, 0.1) is 0 Å². The van der Waals surface area contributed by atoms with Crippen LogP contribution in [0.2, 0.25) is 0 Å². The van der Waals surface area contributed by atoms with E-state index in [0.717, 1.165) is 16.7 Å². The Hall–Kier alpha value is -6.02. The van der Waals surface area contributed by atoms with Crippen molar-refractivity contribution < 1.29 is 8.78 Å². The van der Waals surface area contributed by atoms with Gasteiger partial charge in [0.2, 0.25) is 0 Å². The van der Waals surface area contributed by atoms with E-state index in [1.807, 2.05) is 84.9 Å². The van der Waals surface area contributed by atoms with Crippen LogP contribution in [0.15, 0.2) is 133 Å². The van der Waals surface area contributed by atoms with Gasteiger partial charge in [-0.2, -0.15) is 0 Å². The van der Waals surface area contributed by atoms with Crippen LogP contribution in [0.1, 0.15) is 0 Å². The van der Waals surface area contributed by atoms with E-state index in [-0.39, 0.29) is 11.6 Å². The Bertz CT molecular complexity index is 1950. The molecule has 0 aliphatic rings. The Balaban J connectivity index is 1.37. The molecule has 0 aliphatic carbocycles. The second-order valence-corrected chi connectivity index (χ2v) is 9.94. The van der Waals surface area contributed by atoms with Gasteiger partial charge in [0, 0.05) is 33.4 Å². The van der Waals surface area contributed by atoms with Crippen LogP contribution in [-0.4, -0.2) is 29.9 Å². The lowest BCUT2D eigenvalue weighted by Gasteiger charge is -2.10. The average Bonchev–Trinajstić information content (AvgIpc) is 3.09. The quantitative estimate of drug-likeness (QED) is 0.198. The van der Waals surface area contributed by atoms with Crippen LogP contribution < -0.4 is 0 Å². The molecule has 0 saturated heterocycles. The highest BCUT2D eigenvalue weighted by atomic mass is 19.1. The third kappa shape index (κ3) is 5.69. The van der Waals surface area contributed by atoms with Gasteiger partial charge in [-0.25, -0.2) is 38.7 Å². The molecule has 0 atom stereocenters. The second-order valence-electron chi connectivity index (χ2n) is 9.94. The van der Waals surface area contributed by atoms with Gasteiger partial charge < -0.3 is 0 Å². The maximum absolute atomic E-state index is 13.7. The molecule has 0 bridgehead atoms. The number of halogens is 2. The Morgan fingerprint density at radius 1 is 0.273 bits per heavy atom. The van der Waals surface area contributed by atoms with Crippen molar-refractivity contribution in [3.8, 4) is 68.3 Å². The molecule has 44 heavy (non-hydrogen) atoms. The lowest BCUT2D eigenvalue weighted by molar-refractivity contribution is 0.627. The van der Waals surface area contributed by atoms with Crippen LogP contribution in [-0.2, 0) is 0 Å². The van der Waals surface area contributed by atoms with E-state index in [4.69, 9.17) is 24.9 Å². The SMILES string of the molecule is Fc1ccc(-c2nc(-c3ccc(F)cc3)nc(-c3cccc(-c4nc(-c5ccccc5)nc(-c5ccccc5)n4)c3)n2)cc1. The lowest BCUT2D eigenvalue weighted by Crippen LogP contribution is -2.02. The average molecular weight is 577 g/mol. The normalized spacial score (nSPS) is 11.0. The second kappa shape index (κ2) is 11.7. The zero-order valence-electron chi connectivity index (χ0n) is 23.1. The summed E-state index contributed by atoms with van der Waals surface area (Å²) in [5.74, 6) is 1.98. The maximum Gasteiger partial charge on any atom is 0.164 e. The van der Waals surface area contributed by atoms with Crippen LogP contribution in [0, 0.1) is 11.6 Å². The van der Waals surface area contributed by atoms with Gasteiger partial charge in [-0.05, 0) is 54.6 Å². The Morgan fingerprint density at radius 3 is 0.886 bits per heavy atom. The van der Waals surface area contributed by atoms with Crippen LogP contribution in [0.3, 0.4) is 0 Å². The van der Waals surface area contributed by atoms with Crippen molar-refractivity contribution >= 4 is 0 Å². The first-order chi connectivity index (χ1) is 21.6. The largest absolute Gasteiger partial charge is 0.208 e. The fraction of sp³-hybridized carbons (Fsp3) is 0. The van der Waals surface area contributed by atoms with Crippen LogP contribution in [0.4, 0.5) is 8.78 Å². The van der Waals surface area contributed by atoms with Gasteiger partial charge in [-0.3, -0.25) is 0 Å². The summed E-state index contributed by atoms with van der Waals surface area (Å²) in [7, 11) is 0.